The summed E-state index contributed by atoms with van der Waals surface area (Å²) >= 11 is 5.97. The standard InChI is InChI=1S/C13H15ClFN/c14-12-7-6-11(15)8-13(12)16-9-10-4-2-1-3-5-10/h1-2,6-8,10,16H,3-5,9H2. The maximum absolute atomic E-state index is 13.0. The number of benzene rings is 1. The largest absolute Gasteiger partial charge is 0.383 e. The molecular formula is C13H15ClFN. The fourth-order valence-electron chi connectivity index (χ4n) is 1.93. The molecule has 0 spiro atoms. The zero-order valence-corrected chi connectivity index (χ0v) is 9.80. The van der Waals surface area contributed by atoms with Crippen LogP contribution in [0.25, 0.3) is 0 Å². The van der Waals surface area contributed by atoms with Crippen LogP contribution in [0.5, 0.6) is 0 Å². The van der Waals surface area contributed by atoms with Crippen LogP contribution in [0.3, 0.4) is 0 Å². The SMILES string of the molecule is Fc1ccc(Cl)c(NCC2CC=CCC2)c1. The molecule has 2 rings (SSSR count). The second-order valence-electron chi connectivity index (χ2n) is 4.16. The summed E-state index contributed by atoms with van der Waals surface area (Å²) in [5, 5.41) is 3.79. The Labute approximate surface area is 100 Å². The van der Waals surface area contributed by atoms with E-state index >= 15 is 0 Å². The summed E-state index contributed by atoms with van der Waals surface area (Å²) in [6.07, 6.45) is 7.86. The molecule has 0 heterocycles. The van der Waals surface area contributed by atoms with Crippen LogP contribution in [0.15, 0.2) is 30.4 Å². The van der Waals surface area contributed by atoms with Crippen LogP contribution in [0.1, 0.15) is 19.3 Å². The molecule has 0 radical (unpaired) electrons. The van der Waals surface area contributed by atoms with Gasteiger partial charge in [-0.3, -0.25) is 0 Å². The topological polar surface area (TPSA) is 12.0 Å². The summed E-state index contributed by atoms with van der Waals surface area (Å²) in [5.74, 6) is 0.375. The quantitative estimate of drug-likeness (QED) is 0.778. The van der Waals surface area contributed by atoms with E-state index in [1.54, 1.807) is 6.07 Å². The van der Waals surface area contributed by atoms with Crippen molar-refractivity contribution < 1.29 is 4.39 Å². The molecule has 1 aliphatic rings. The average Bonchev–Trinajstić information content (AvgIpc) is 2.32. The molecule has 1 nitrogen and oxygen atoms in total. The third kappa shape index (κ3) is 2.99. The van der Waals surface area contributed by atoms with Crippen molar-refractivity contribution in [3.05, 3.63) is 41.2 Å². The van der Waals surface area contributed by atoms with Crippen LogP contribution in [-0.4, -0.2) is 6.54 Å². The van der Waals surface area contributed by atoms with E-state index in [2.05, 4.69) is 17.5 Å². The molecule has 1 N–H and O–H groups in total. The molecule has 0 aliphatic heterocycles. The highest BCUT2D eigenvalue weighted by Gasteiger charge is 2.10. The van der Waals surface area contributed by atoms with Crippen LogP contribution in [0.2, 0.25) is 5.02 Å². The minimum absolute atomic E-state index is 0.254. The lowest BCUT2D eigenvalue weighted by molar-refractivity contribution is 0.504. The Kier molecular flexibility index (Phi) is 3.83. The summed E-state index contributed by atoms with van der Waals surface area (Å²) in [4.78, 5) is 0. The number of anilines is 1. The first-order chi connectivity index (χ1) is 7.75. The monoisotopic (exact) mass is 239 g/mol. The van der Waals surface area contributed by atoms with Crippen molar-refractivity contribution in [3.8, 4) is 0 Å². The maximum atomic E-state index is 13.0. The van der Waals surface area contributed by atoms with Gasteiger partial charge < -0.3 is 5.32 Å². The van der Waals surface area contributed by atoms with Gasteiger partial charge in [0.25, 0.3) is 0 Å². The highest BCUT2D eigenvalue weighted by molar-refractivity contribution is 6.33. The van der Waals surface area contributed by atoms with E-state index in [1.165, 1.54) is 18.6 Å². The molecule has 0 saturated heterocycles. The van der Waals surface area contributed by atoms with E-state index in [9.17, 15) is 4.39 Å². The van der Waals surface area contributed by atoms with Crippen LogP contribution in [-0.2, 0) is 0 Å². The summed E-state index contributed by atoms with van der Waals surface area (Å²) in [6.45, 7) is 0.855. The minimum atomic E-state index is -0.254. The first kappa shape index (κ1) is 11.5. The Hall–Kier alpha value is -1.02. The highest BCUT2D eigenvalue weighted by Crippen LogP contribution is 2.24. The second kappa shape index (κ2) is 5.35. The van der Waals surface area contributed by atoms with E-state index < -0.39 is 0 Å². The van der Waals surface area contributed by atoms with Gasteiger partial charge in [-0.25, -0.2) is 4.39 Å². The average molecular weight is 240 g/mol. The molecule has 1 aromatic carbocycles. The Bertz CT molecular complexity index is 390. The summed E-state index contributed by atoms with van der Waals surface area (Å²) in [6, 6.07) is 4.40. The molecule has 0 fully saturated rings. The Morgan fingerprint density at radius 2 is 2.25 bits per heavy atom. The number of allylic oxidation sites excluding steroid dienone is 2. The van der Waals surface area contributed by atoms with Crippen LogP contribution < -0.4 is 5.32 Å². The molecule has 86 valence electrons. The van der Waals surface area contributed by atoms with Gasteiger partial charge in [0.15, 0.2) is 0 Å². The van der Waals surface area contributed by atoms with E-state index in [0.717, 1.165) is 19.4 Å². The Morgan fingerprint density at radius 3 is 3.00 bits per heavy atom. The second-order valence-corrected chi connectivity index (χ2v) is 4.56. The van der Waals surface area contributed by atoms with Crippen LogP contribution in [0, 0.1) is 11.7 Å². The van der Waals surface area contributed by atoms with Crippen molar-refractivity contribution in [2.45, 2.75) is 19.3 Å². The first-order valence-corrected chi connectivity index (χ1v) is 5.97. The lowest BCUT2D eigenvalue weighted by Gasteiger charge is -2.19. The lowest BCUT2D eigenvalue weighted by atomic mass is 9.94. The van der Waals surface area contributed by atoms with Gasteiger partial charge in [0, 0.05) is 6.54 Å². The van der Waals surface area contributed by atoms with E-state index in [4.69, 9.17) is 11.6 Å². The molecule has 1 aliphatic carbocycles. The number of halogens is 2. The van der Waals surface area contributed by atoms with Gasteiger partial charge in [0.1, 0.15) is 5.82 Å². The molecule has 3 heteroatoms. The van der Waals surface area contributed by atoms with Gasteiger partial charge in [-0.15, -0.1) is 0 Å². The van der Waals surface area contributed by atoms with Gasteiger partial charge in [0.2, 0.25) is 0 Å². The van der Waals surface area contributed by atoms with Gasteiger partial charge in [-0.1, -0.05) is 23.8 Å². The van der Waals surface area contributed by atoms with Crippen molar-refractivity contribution in [1.29, 1.82) is 0 Å². The molecule has 0 aromatic heterocycles. The van der Waals surface area contributed by atoms with Crippen LogP contribution in [0.4, 0.5) is 10.1 Å². The molecule has 1 unspecified atom stereocenters. The zero-order valence-electron chi connectivity index (χ0n) is 9.05. The highest BCUT2D eigenvalue weighted by atomic mass is 35.5. The summed E-state index contributed by atoms with van der Waals surface area (Å²) in [5.41, 5.74) is 0.691. The molecule has 1 aromatic rings. The lowest BCUT2D eigenvalue weighted by Crippen LogP contribution is -2.15. The fraction of sp³-hybridized carbons (Fsp3) is 0.385. The van der Waals surface area contributed by atoms with E-state index in [0.29, 0.717) is 16.6 Å². The number of rotatable bonds is 3. The van der Waals surface area contributed by atoms with Gasteiger partial charge in [0.05, 0.1) is 10.7 Å². The van der Waals surface area contributed by atoms with Gasteiger partial charge in [-0.2, -0.15) is 0 Å². The smallest absolute Gasteiger partial charge is 0.125 e. The first-order valence-electron chi connectivity index (χ1n) is 5.59. The fourth-order valence-corrected chi connectivity index (χ4v) is 2.11. The predicted molar refractivity (Wildman–Crippen MR) is 66.4 cm³/mol. The van der Waals surface area contributed by atoms with Gasteiger partial charge in [-0.05, 0) is 43.4 Å². The van der Waals surface area contributed by atoms with Gasteiger partial charge >= 0.3 is 0 Å². The van der Waals surface area contributed by atoms with E-state index in [-0.39, 0.29) is 5.82 Å². The predicted octanol–water partition coefficient (Wildman–Crippen LogP) is 4.25. The van der Waals surface area contributed by atoms with Crippen LogP contribution >= 0.6 is 11.6 Å². The number of hydrogen-bond donors (Lipinski definition) is 1. The number of nitrogens with one attached hydrogen (secondary N) is 1. The number of hydrogen-bond acceptors (Lipinski definition) is 1. The van der Waals surface area contributed by atoms with Crippen molar-refractivity contribution in [2.24, 2.45) is 5.92 Å². The zero-order chi connectivity index (χ0) is 11.4. The molecule has 0 bridgehead atoms. The van der Waals surface area contributed by atoms with Crippen molar-refractivity contribution in [3.63, 3.8) is 0 Å². The Morgan fingerprint density at radius 1 is 1.38 bits per heavy atom. The molecule has 1 atom stereocenters. The molecule has 0 saturated carbocycles. The third-order valence-electron chi connectivity index (χ3n) is 2.89. The minimum Gasteiger partial charge on any atom is -0.383 e. The maximum Gasteiger partial charge on any atom is 0.125 e. The van der Waals surface area contributed by atoms with Crippen molar-refractivity contribution in [1.82, 2.24) is 0 Å². The molecule has 16 heavy (non-hydrogen) atoms. The Balaban J connectivity index is 1.93. The third-order valence-corrected chi connectivity index (χ3v) is 3.22. The normalized spacial score (nSPS) is 19.8. The molecular weight excluding hydrogens is 225 g/mol. The summed E-state index contributed by atoms with van der Waals surface area (Å²) in [7, 11) is 0. The van der Waals surface area contributed by atoms with E-state index in [1.807, 2.05) is 0 Å². The molecule has 0 amide bonds. The van der Waals surface area contributed by atoms with Crippen molar-refractivity contribution in [2.75, 3.05) is 11.9 Å². The van der Waals surface area contributed by atoms with Crippen molar-refractivity contribution >= 4 is 17.3 Å². The summed E-state index contributed by atoms with van der Waals surface area (Å²) < 4.78 is 13.0.